The standard InChI is InChI=1S/C24H32N2O2/c1-24(2,3)21-9-11-22(12-10-21)28-17-18-5-7-20(8-6-18)23(27)26-14-13-19(16-26)15-25-4/h5-12,19,25H,13-17H2,1-4H3. The van der Waals surface area contributed by atoms with Crippen LogP contribution in [0.25, 0.3) is 0 Å². The number of hydrogen-bond donors (Lipinski definition) is 1. The van der Waals surface area contributed by atoms with E-state index in [1.165, 1.54) is 5.56 Å². The highest BCUT2D eigenvalue weighted by Crippen LogP contribution is 2.25. The Bertz CT molecular complexity index is 776. The van der Waals surface area contributed by atoms with Crippen LogP contribution in [0.3, 0.4) is 0 Å². The Labute approximate surface area is 168 Å². The first kappa shape index (κ1) is 20.4. The quantitative estimate of drug-likeness (QED) is 0.815. The molecule has 1 fully saturated rings. The topological polar surface area (TPSA) is 41.6 Å². The zero-order valence-corrected chi connectivity index (χ0v) is 17.5. The number of hydrogen-bond acceptors (Lipinski definition) is 3. The summed E-state index contributed by atoms with van der Waals surface area (Å²) in [5.74, 6) is 1.55. The zero-order valence-electron chi connectivity index (χ0n) is 17.5. The van der Waals surface area contributed by atoms with Crippen LogP contribution >= 0.6 is 0 Å². The number of nitrogens with zero attached hydrogens (tertiary/aromatic N) is 1. The average Bonchev–Trinajstić information content (AvgIpc) is 3.15. The van der Waals surface area contributed by atoms with Crippen LogP contribution in [-0.4, -0.2) is 37.5 Å². The third-order valence-electron chi connectivity index (χ3n) is 5.39. The summed E-state index contributed by atoms with van der Waals surface area (Å²) in [6.45, 7) is 9.77. The summed E-state index contributed by atoms with van der Waals surface area (Å²) < 4.78 is 5.90. The van der Waals surface area contributed by atoms with Crippen LogP contribution in [0.15, 0.2) is 48.5 Å². The molecule has 1 amide bonds. The molecule has 0 aromatic heterocycles. The second-order valence-corrected chi connectivity index (χ2v) is 8.72. The number of rotatable bonds is 6. The van der Waals surface area contributed by atoms with Gasteiger partial charge in [-0.2, -0.15) is 0 Å². The SMILES string of the molecule is CNCC1CCN(C(=O)c2ccc(COc3ccc(C(C)(C)C)cc3)cc2)C1. The maximum Gasteiger partial charge on any atom is 0.253 e. The summed E-state index contributed by atoms with van der Waals surface area (Å²) in [7, 11) is 1.96. The first-order valence-electron chi connectivity index (χ1n) is 10.1. The molecule has 0 saturated carbocycles. The minimum atomic E-state index is 0.129. The van der Waals surface area contributed by atoms with E-state index >= 15 is 0 Å². The van der Waals surface area contributed by atoms with E-state index in [-0.39, 0.29) is 11.3 Å². The van der Waals surface area contributed by atoms with Crippen molar-refractivity contribution in [2.24, 2.45) is 5.92 Å². The fraction of sp³-hybridized carbons (Fsp3) is 0.458. The first-order valence-corrected chi connectivity index (χ1v) is 10.1. The van der Waals surface area contributed by atoms with Crippen molar-refractivity contribution < 1.29 is 9.53 Å². The van der Waals surface area contributed by atoms with Gasteiger partial charge in [0.25, 0.3) is 5.91 Å². The van der Waals surface area contributed by atoms with E-state index in [9.17, 15) is 4.79 Å². The van der Waals surface area contributed by atoms with Gasteiger partial charge in [-0.25, -0.2) is 0 Å². The molecular formula is C24H32N2O2. The van der Waals surface area contributed by atoms with Gasteiger partial charge in [0.2, 0.25) is 0 Å². The van der Waals surface area contributed by atoms with Crippen molar-refractivity contribution in [1.29, 1.82) is 0 Å². The van der Waals surface area contributed by atoms with Crippen LogP contribution in [0.1, 0.15) is 48.7 Å². The Morgan fingerprint density at radius 1 is 1.11 bits per heavy atom. The molecule has 0 spiro atoms. The number of likely N-dealkylation sites (tertiary alicyclic amines) is 1. The van der Waals surface area contributed by atoms with Gasteiger partial charge in [0.05, 0.1) is 0 Å². The monoisotopic (exact) mass is 380 g/mol. The highest BCUT2D eigenvalue weighted by atomic mass is 16.5. The van der Waals surface area contributed by atoms with E-state index in [1.807, 2.05) is 48.3 Å². The van der Waals surface area contributed by atoms with Gasteiger partial charge in [-0.3, -0.25) is 4.79 Å². The molecule has 1 aliphatic heterocycles. The normalized spacial score (nSPS) is 17.0. The molecule has 1 aliphatic rings. The molecule has 150 valence electrons. The van der Waals surface area contributed by atoms with E-state index in [0.717, 1.165) is 42.9 Å². The maximum atomic E-state index is 12.7. The minimum absolute atomic E-state index is 0.129. The highest BCUT2D eigenvalue weighted by Gasteiger charge is 2.26. The van der Waals surface area contributed by atoms with Crippen molar-refractivity contribution in [3.8, 4) is 5.75 Å². The number of benzene rings is 2. The lowest BCUT2D eigenvalue weighted by Crippen LogP contribution is -2.30. The second kappa shape index (κ2) is 8.78. The van der Waals surface area contributed by atoms with Gasteiger partial charge in [-0.05, 0) is 66.7 Å². The molecule has 1 atom stereocenters. The third kappa shape index (κ3) is 5.14. The molecule has 4 nitrogen and oxygen atoms in total. The largest absolute Gasteiger partial charge is 0.489 e. The fourth-order valence-corrected chi connectivity index (χ4v) is 3.62. The maximum absolute atomic E-state index is 12.7. The molecule has 0 radical (unpaired) electrons. The molecule has 2 aromatic carbocycles. The Morgan fingerprint density at radius 3 is 2.39 bits per heavy atom. The average molecular weight is 381 g/mol. The van der Waals surface area contributed by atoms with Gasteiger partial charge in [-0.15, -0.1) is 0 Å². The molecular weight excluding hydrogens is 348 g/mol. The Hall–Kier alpha value is -2.33. The van der Waals surface area contributed by atoms with Crippen molar-refractivity contribution in [1.82, 2.24) is 10.2 Å². The number of nitrogens with one attached hydrogen (secondary N) is 1. The van der Waals surface area contributed by atoms with E-state index in [4.69, 9.17) is 4.74 Å². The van der Waals surface area contributed by atoms with Crippen molar-refractivity contribution in [2.45, 2.75) is 39.2 Å². The van der Waals surface area contributed by atoms with E-state index in [0.29, 0.717) is 12.5 Å². The summed E-state index contributed by atoms with van der Waals surface area (Å²) in [4.78, 5) is 14.6. The summed E-state index contributed by atoms with van der Waals surface area (Å²) in [5.41, 5.74) is 3.25. The molecule has 2 aromatic rings. The molecule has 28 heavy (non-hydrogen) atoms. The van der Waals surface area contributed by atoms with E-state index < -0.39 is 0 Å². The second-order valence-electron chi connectivity index (χ2n) is 8.72. The number of ether oxygens (including phenoxy) is 1. The van der Waals surface area contributed by atoms with Crippen molar-refractivity contribution in [3.63, 3.8) is 0 Å². The molecule has 1 N–H and O–H groups in total. The van der Waals surface area contributed by atoms with Gasteiger partial charge in [-0.1, -0.05) is 45.0 Å². The van der Waals surface area contributed by atoms with E-state index in [1.54, 1.807) is 0 Å². The van der Waals surface area contributed by atoms with Crippen molar-refractivity contribution >= 4 is 5.91 Å². The lowest BCUT2D eigenvalue weighted by atomic mass is 9.87. The van der Waals surface area contributed by atoms with Crippen molar-refractivity contribution in [3.05, 3.63) is 65.2 Å². The lowest BCUT2D eigenvalue weighted by Gasteiger charge is -2.19. The van der Waals surface area contributed by atoms with Crippen LogP contribution in [-0.2, 0) is 12.0 Å². The molecule has 0 bridgehead atoms. The van der Waals surface area contributed by atoms with Crippen molar-refractivity contribution in [2.75, 3.05) is 26.7 Å². The molecule has 1 unspecified atom stereocenters. The Kier molecular flexibility index (Phi) is 6.40. The van der Waals surface area contributed by atoms with Crippen LogP contribution in [0.5, 0.6) is 5.75 Å². The molecule has 1 heterocycles. The smallest absolute Gasteiger partial charge is 0.253 e. The molecule has 1 saturated heterocycles. The lowest BCUT2D eigenvalue weighted by molar-refractivity contribution is 0.0787. The fourth-order valence-electron chi connectivity index (χ4n) is 3.62. The van der Waals surface area contributed by atoms with Gasteiger partial charge in [0.1, 0.15) is 12.4 Å². The predicted molar refractivity (Wildman–Crippen MR) is 114 cm³/mol. The summed E-state index contributed by atoms with van der Waals surface area (Å²) in [6.07, 6.45) is 1.08. The zero-order chi connectivity index (χ0) is 20.1. The van der Waals surface area contributed by atoms with Gasteiger partial charge in [0.15, 0.2) is 0 Å². The Morgan fingerprint density at radius 2 is 1.79 bits per heavy atom. The first-order chi connectivity index (χ1) is 13.4. The van der Waals surface area contributed by atoms with Crippen LogP contribution in [0.4, 0.5) is 0 Å². The van der Waals surface area contributed by atoms with Gasteiger partial charge in [0, 0.05) is 18.7 Å². The Balaban J connectivity index is 1.54. The summed E-state index contributed by atoms with van der Waals surface area (Å²) in [6, 6.07) is 16.1. The number of carbonyl (C=O) groups is 1. The summed E-state index contributed by atoms with van der Waals surface area (Å²) >= 11 is 0. The van der Waals surface area contributed by atoms with Gasteiger partial charge >= 0.3 is 0 Å². The summed E-state index contributed by atoms with van der Waals surface area (Å²) in [5, 5.41) is 3.20. The molecule has 4 heteroatoms. The highest BCUT2D eigenvalue weighted by molar-refractivity contribution is 5.94. The van der Waals surface area contributed by atoms with Crippen LogP contribution < -0.4 is 10.1 Å². The third-order valence-corrected chi connectivity index (χ3v) is 5.39. The number of amides is 1. The minimum Gasteiger partial charge on any atom is -0.489 e. The van der Waals surface area contributed by atoms with Crippen LogP contribution in [0, 0.1) is 5.92 Å². The molecule has 0 aliphatic carbocycles. The predicted octanol–water partition coefficient (Wildman–Crippen LogP) is 4.24. The number of carbonyl (C=O) groups excluding carboxylic acids is 1. The van der Waals surface area contributed by atoms with E-state index in [2.05, 4.69) is 38.2 Å². The molecule has 3 rings (SSSR count). The van der Waals surface area contributed by atoms with Crippen LogP contribution in [0.2, 0.25) is 0 Å². The van der Waals surface area contributed by atoms with Gasteiger partial charge < -0.3 is 15.0 Å².